The van der Waals surface area contributed by atoms with Crippen LogP contribution in [0.2, 0.25) is 0 Å². The van der Waals surface area contributed by atoms with Gasteiger partial charge in [0.05, 0.1) is 0 Å². The normalized spacial score (nSPS) is 31.8. The fraction of sp³-hybridized carbons (Fsp3) is 0.800. The average molecular weight is 151 g/mol. The zero-order chi connectivity index (χ0) is 8.27. The Hall–Kier alpha value is -0.480. The first-order valence-electron chi connectivity index (χ1n) is 4.36. The summed E-state index contributed by atoms with van der Waals surface area (Å²) in [7, 11) is 4.28. The molecule has 0 aliphatic heterocycles. The van der Waals surface area contributed by atoms with Gasteiger partial charge in [0, 0.05) is 12.0 Å². The highest BCUT2D eigenvalue weighted by Crippen LogP contribution is 2.25. The highest BCUT2D eigenvalue weighted by Gasteiger charge is 2.21. The van der Waals surface area contributed by atoms with E-state index in [1.54, 1.807) is 0 Å². The van der Waals surface area contributed by atoms with Gasteiger partial charge in [-0.2, -0.15) is 0 Å². The van der Waals surface area contributed by atoms with Gasteiger partial charge in [0.25, 0.3) is 0 Å². The molecule has 11 heavy (non-hydrogen) atoms. The van der Waals surface area contributed by atoms with Gasteiger partial charge in [0.2, 0.25) is 0 Å². The quantitative estimate of drug-likeness (QED) is 0.516. The van der Waals surface area contributed by atoms with E-state index in [1.807, 2.05) is 0 Å². The Morgan fingerprint density at radius 2 is 2.09 bits per heavy atom. The molecule has 0 aromatic heterocycles. The van der Waals surface area contributed by atoms with Crippen LogP contribution in [0.5, 0.6) is 0 Å². The van der Waals surface area contributed by atoms with E-state index in [1.165, 1.54) is 25.7 Å². The minimum Gasteiger partial charge on any atom is -0.306 e. The van der Waals surface area contributed by atoms with E-state index < -0.39 is 0 Å². The van der Waals surface area contributed by atoms with Crippen LogP contribution in [0.4, 0.5) is 0 Å². The second kappa shape index (κ2) is 3.78. The molecule has 62 valence electrons. The topological polar surface area (TPSA) is 3.24 Å². The highest BCUT2D eigenvalue weighted by molar-refractivity contribution is 4.97. The van der Waals surface area contributed by atoms with Crippen LogP contribution in [0.1, 0.15) is 25.7 Å². The van der Waals surface area contributed by atoms with Crippen LogP contribution in [-0.4, -0.2) is 25.0 Å². The standard InChI is InChI=1S/C10H17N/c1-4-9-6-5-7-10(8-9)11(2)3/h1,9-10H,5-8H2,2-3H3. The summed E-state index contributed by atoms with van der Waals surface area (Å²) in [6.45, 7) is 0. The molecule has 1 heteroatoms. The molecule has 0 aromatic rings. The molecule has 1 aliphatic carbocycles. The van der Waals surface area contributed by atoms with Gasteiger partial charge in [0.15, 0.2) is 0 Å². The Morgan fingerprint density at radius 1 is 1.36 bits per heavy atom. The Morgan fingerprint density at radius 3 is 2.64 bits per heavy atom. The Labute approximate surface area is 69.8 Å². The summed E-state index contributed by atoms with van der Waals surface area (Å²) >= 11 is 0. The molecule has 0 amide bonds. The van der Waals surface area contributed by atoms with Gasteiger partial charge in [-0.25, -0.2) is 0 Å². The van der Waals surface area contributed by atoms with Crippen molar-refractivity contribution in [2.24, 2.45) is 5.92 Å². The molecule has 1 saturated carbocycles. The monoisotopic (exact) mass is 151 g/mol. The van der Waals surface area contributed by atoms with E-state index in [0.29, 0.717) is 5.92 Å². The molecular formula is C10H17N. The molecule has 0 saturated heterocycles. The first-order chi connectivity index (χ1) is 5.24. The highest BCUT2D eigenvalue weighted by atomic mass is 15.1. The number of rotatable bonds is 1. The molecule has 0 N–H and O–H groups in total. The lowest BCUT2D eigenvalue weighted by atomic mass is 9.86. The minimum absolute atomic E-state index is 0.538. The van der Waals surface area contributed by atoms with Crippen molar-refractivity contribution in [3.63, 3.8) is 0 Å². The molecule has 1 nitrogen and oxygen atoms in total. The molecule has 2 atom stereocenters. The molecule has 0 radical (unpaired) electrons. The van der Waals surface area contributed by atoms with Crippen LogP contribution >= 0.6 is 0 Å². The molecule has 0 heterocycles. The van der Waals surface area contributed by atoms with Crippen LogP contribution in [-0.2, 0) is 0 Å². The maximum absolute atomic E-state index is 5.40. The minimum atomic E-state index is 0.538. The number of hydrogen-bond acceptors (Lipinski definition) is 1. The van der Waals surface area contributed by atoms with Crippen molar-refractivity contribution in [3.8, 4) is 12.3 Å². The second-order valence-corrected chi connectivity index (χ2v) is 3.65. The summed E-state index contributed by atoms with van der Waals surface area (Å²) in [5.41, 5.74) is 0. The maximum Gasteiger partial charge on any atom is 0.0215 e. The van der Waals surface area contributed by atoms with Crippen molar-refractivity contribution in [2.45, 2.75) is 31.7 Å². The Bertz CT molecular complexity index is 155. The van der Waals surface area contributed by atoms with E-state index in [4.69, 9.17) is 6.42 Å². The van der Waals surface area contributed by atoms with Crippen molar-refractivity contribution in [1.29, 1.82) is 0 Å². The van der Waals surface area contributed by atoms with E-state index in [0.717, 1.165) is 6.04 Å². The summed E-state index contributed by atoms with van der Waals surface area (Å²) in [6.07, 6.45) is 10.5. The largest absolute Gasteiger partial charge is 0.306 e. The van der Waals surface area contributed by atoms with E-state index >= 15 is 0 Å². The molecule has 1 rings (SSSR count). The summed E-state index contributed by atoms with van der Waals surface area (Å²) in [5.74, 6) is 3.40. The average Bonchev–Trinajstić information content (AvgIpc) is 2.05. The lowest BCUT2D eigenvalue weighted by molar-refractivity contribution is 0.207. The van der Waals surface area contributed by atoms with Crippen LogP contribution in [0.15, 0.2) is 0 Å². The maximum atomic E-state index is 5.40. The Kier molecular flexibility index (Phi) is 2.96. The second-order valence-electron chi connectivity index (χ2n) is 3.65. The zero-order valence-electron chi connectivity index (χ0n) is 7.51. The smallest absolute Gasteiger partial charge is 0.0215 e. The summed E-state index contributed by atoms with van der Waals surface area (Å²) < 4.78 is 0. The van der Waals surface area contributed by atoms with E-state index in [9.17, 15) is 0 Å². The lowest BCUT2D eigenvalue weighted by Crippen LogP contribution is -2.32. The molecule has 1 aliphatic rings. The van der Waals surface area contributed by atoms with Crippen LogP contribution in [0, 0.1) is 18.3 Å². The molecule has 0 bridgehead atoms. The van der Waals surface area contributed by atoms with Gasteiger partial charge in [-0.3, -0.25) is 0 Å². The van der Waals surface area contributed by atoms with Gasteiger partial charge in [-0.1, -0.05) is 6.42 Å². The molecule has 1 fully saturated rings. The lowest BCUT2D eigenvalue weighted by Gasteiger charge is -2.31. The van der Waals surface area contributed by atoms with Crippen molar-refractivity contribution in [2.75, 3.05) is 14.1 Å². The third kappa shape index (κ3) is 2.24. The van der Waals surface area contributed by atoms with Crippen molar-refractivity contribution in [1.82, 2.24) is 4.90 Å². The molecule has 0 aromatic carbocycles. The molecule has 0 spiro atoms. The summed E-state index contributed by atoms with van der Waals surface area (Å²) in [5, 5.41) is 0. The SMILES string of the molecule is C#CC1CCCC(N(C)C)C1. The van der Waals surface area contributed by atoms with Crippen LogP contribution in [0.25, 0.3) is 0 Å². The van der Waals surface area contributed by atoms with Gasteiger partial charge in [-0.05, 0) is 33.4 Å². The number of terminal acetylenes is 1. The van der Waals surface area contributed by atoms with Crippen molar-refractivity contribution >= 4 is 0 Å². The van der Waals surface area contributed by atoms with Crippen molar-refractivity contribution < 1.29 is 0 Å². The number of nitrogens with zero attached hydrogens (tertiary/aromatic N) is 1. The van der Waals surface area contributed by atoms with E-state index in [2.05, 4.69) is 24.9 Å². The fourth-order valence-corrected chi connectivity index (χ4v) is 1.78. The van der Waals surface area contributed by atoms with Gasteiger partial charge in [-0.15, -0.1) is 12.3 Å². The first kappa shape index (κ1) is 8.62. The summed E-state index contributed by atoms with van der Waals surface area (Å²) in [4.78, 5) is 2.30. The third-order valence-electron chi connectivity index (χ3n) is 2.61. The Balaban J connectivity index is 2.41. The van der Waals surface area contributed by atoms with Gasteiger partial charge in [0.1, 0.15) is 0 Å². The van der Waals surface area contributed by atoms with E-state index in [-0.39, 0.29) is 0 Å². The zero-order valence-corrected chi connectivity index (χ0v) is 7.51. The first-order valence-corrected chi connectivity index (χ1v) is 4.36. The molecular weight excluding hydrogens is 134 g/mol. The van der Waals surface area contributed by atoms with Crippen molar-refractivity contribution in [3.05, 3.63) is 0 Å². The fourth-order valence-electron chi connectivity index (χ4n) is 1.78. The predicted molar refractivity (Wildman–Crippen MR) is 48.3 cm³/mol. The predicted octanol–water partition coefficient (Wildman–Crippen LogP) is 1.74. The third-order valence-corrected chi connectivity index (χ3v) is 2.61. The molecule has 2 unspecified atom stereocenters. The van der Waals surface area contributed by atoms with Gasteiger partial charge < -0.3 is 4.90 Å². The van der Waals surface area contributed by atoms with Crippen LogP contribution < -0.4 is 0 Å². The van der Waals surface area contributed by atoms with Crippen LogP contribution in [0.3, 0.4) is 0 Å². The van der Waals surface area contributed by atoms with Gasteiger partial charge >= 0.3 is 0 Å². The summed E-state index contributed by atoms with van der Waals surface area (Å²) in [6, 6.07) is 0.727. The number of hydrogen-bond donors (Lipinski definition) is 0.